The Morgan fingerprint density at radius 2 is 1.73 bits per heavy atom. The van der Waals surface area contributed by atoms with Crippen molar-refractivity contribution in [1.82, 2.24) is 5.32 Å². The summed E-state index contributed by atoms with van der Waals surface area (Å²) in [6.45, 7) is 9.22. The fraction of sp³-hybridized carbons (Fsp3) is 0.538. The molecule has 0 radical (unpaired) electrons. The molecule has 1 aromatic carbocycles. The van der Waals surface area contributed by atoms with E-state index in [2.05, 4.69) is 45.1 Å². The monoisotopic (exact) mass is 207 g/mol. The van der Waals surface area contributed by atoms with Crippen molar-refractivity contribution in [1.29, 1.82) is 0 Å². The molecule has 0 spiro atoms. The number of benzene rings is 1. The lowest BCUT2D eigenvalue weighted by molar-refractivity contribution is 0.239. The highest BCUT2D eigenvalue weighted by Gasteiger charge is 2.07. The number of hydrogen-bond acceptors (Lipinski definition) is 2. The van der Waals surface area contributed by atoms with Crippen molar-refractivity contribution in [2.24, 2.45) is 0 Å². The van der Waals surface area contributed by atoms with Gasteiger partial charge in [-0.15, -0.1) is 0 Å². The van der Waals surface area contributed by atoms with Crippen molar-refractivity contribution < 1.29 is 4.74 Å². The van der Waals surface area contributed by atoms with Crippen LogP contribution in [0.25, 0.3) is 0 Å². The molecule has 15 heavy (non-hydrogen) atoms. The lowest BCUT2D eigenvalue weighted by Crippen LogP contribution is -2.10. The van der Waals surface area contributed by atoms with Crippen LogP contribution >= 0.6 is 0 Å². The number of aryl methyl sites for hydroxylation is 2. The van der Waals surface area contributed by atoms with Crippen LogP contribution in [0.2, 0.25) is 0 Å². The van der Waals surface area contributed by atoms with Crippen molar-refractivity contribution in [3.63, 3.8) is 0 Å². The average molecular weight is 207 g/mol. The maximum atomic E-state index is 5.79. The Bertz CT molecular complexity index is 308. The minimum Gasteiger partial charge on any atom is -0.490 e. The zero-order valence-corrected chi connectivity index (χ0v) is 10.3. The summed E-state index contributed by atoms with van der Waals surface area (Å²) in [6, 6.07) is 4.36. The van der Waals surface area contributed by atoms with Gasteiger partial charge in [0.05, 0.1) is 6.10 Å². The summed E-state index contributed by atoms with van der Waals surface area (Å²) >= 11 is 0. The molecule has 84 valence electrons. The molecule has 0 saturated heterocycles. The SMILES string of the molecule is CNCc1cc(C)c(OC(C)C)c(C)c1. The Balaban J connectivity index is 2.98. The van der Waals surface area contributed by atoms with Gasteiger partial charge in [0, 0.05) is 6.54 Å². The molecule has 0 bridgehead atoms. The predicted octanol–water partition coefficient (Wildman–Crippen LogP) is 2.81. The van der Waals surface area contributed by atoms with Gasteiger partial charge in [-0.25, -0.2) is 0 Å². The molecule has 0 amide bonds. The Morgan fingerprint density at radius 1 is 1.20 bits per heavy atom. The lowest BCUT2D eigenvalue weighted by atomic mass is 10.1. The molecule has 0 saturated carbocycles. The molecule has 2 heteroatoms. The highest BCUT2D eigenvalue weighted by Crippen LogP contribution is 2.25. The van der Waals surface area contributed by atoms with Crippen molar-refractivity contribution >= 4 is 0 Å². The summed E-state index contributed by atoms with van der Waals surface area (Å²) < 4.78 is 5.79. The van der Waals surface area contributed by atoms with Gasteiger partial charge < -0.3 is 10.1 Å². The smallest absolute Gasteiger partial charge is 0.125 e. The third-order valence-corrected chi connectivity index (χ3v) is 2.25. The highest BCUT2D eigenvalue weighted by atomic mass is 16.5. The second kappa shape index (κ2) is 5.17. The first-order chi connectivity index (χ1) is 7.04. The zero-order valence-electron chi connectivity index (χ0n) is 10.3. The fourth-order valence-corrected chi connectivity index (χ4v) is 1.77. The summed E-state index contributed by atoms with van der Waals surface area (Å²) in [6.07, 6.45) is 0.234. The summed E-state index contributed by atoms with van der Waals surface area (Å²) in [4.78, 5) is 0. The van der Waals surface area contributed by atoms with Gasteiger partial charge in [0.25, 0.3) is 0 Å². The van der Waals surface area contributed by atoms with Crippen molar-refractivity contribution in [2.45, 2.75) is 40.3 Å². The minimum absolute atomic E-state index is 0.234. The molecule has 0 heterocycles. The Labute approximate surface area is 92.6 Å². The standard InChI is InChI=1S/C13H21NO/c1-9(2)15-13-10(3)6-12(8-14-5)7-11(13)4/h6-7,9,14H,8H2,1-5H3. The molecule has 1 rings (SSSR count). The van der Waals surface area contributed by atoms with E-state index in [1.807, 2.05) is 7.05 Å². The quantitative estimate of drug-likeness (QED) is 0.819. The first-order valence-corrected chi connectivity index (χ1v) is 5.46. The summed E-state index contributed by atoms with van der Waals surface area (Å²) in [7, 11) is 1.96. The van der Waals surface area contributed by atoms with E-state index in [9.17, 15) is 0 Å². The highest BCUT2D eigenvalue weighted by molar-refractivity contribution is 5.43. The molecule has 0 aliphatic heterocycles. The summed E-state index contributed by atoms with van der Waals surface area (Å²) in [5.41, 5.74) is 3.74. The van der Waals surface area contributed by atoms with E-state index in [4.69, 9.17) is 4.74 Å². The van der Waals surface area contributed by atoms with Gasteiger partial charge in [-0.05, 0) is 51.4 Å². The first-order valence-electron chi connectivity index (χ1n) is 5.46. The van der Waals surface area contributed by atoms with Gasteiger partial charge in [0.15, 0.2) is 0 Å². The molecule has 0 fully saturated rings. The Kier molecular flexibility index (Phi) is 4.15. The molecule has 0 aliphatic rings. The van der Waals surface area contributed by atoms with Gasteiger partial charge in [-0.2, -0.15) is 0 Å². The Hall–Kier alpha value is -1.02. The first kappa shape index (κ1) is 12.1. The summed E-state index contributed by atoms with van der Waals surface area (Å²) in [5.74, 6) is 1.03. The number of rotatable bonds is 4. The third-order valence-electron chi connectivity index (χ3n) is 2.25. The van der Waals surface area contributed by atoms with Crippen LogP contribution in [-0.4, -0.2) is 13.2 Å². The lowest BCUT2D eigenvalue weighted by Gasteiger charge is -2.16. The molecule has 2 nitrogen and oxygen atoms in total. The van der Waals surface area contributed by atoms with Crippen LogP contribution in [0.4, 0.5) is 0 Å². The molecule has 1 N–H and O–H groups in total. The zero-order chi connectivity index (χ0) is 11.4. The maximum absolute atomic E-state index is 5.79. The Morgan fingerprint density at radius 3 is 2.13 bits per heavy atom. The van der Waals surface area contributed by atoms with E-state index in [-0.39, 0.29) is 6.10 Å². The molecule has 0 aliphatic carbocycles. The largest absolute Gasteiger partial charge is 0.490 e. The number of ether oxygens (including phenoxy) is 1. The molecule has 0 unspecified atom stereocenters. The van der Waals surface area contributed by atoms with Crippen LogP contribution in [0.15, 0.2) is 12.1 Å². The van der Waals surface area contributed by atoms with E-state index in [0.29, 0.717) is 0 Å². The van der Waals surface area contributed by atoms with E-state index in [0.717, 1.165) is 12.3 Å². The van der Waals surface area contributed by atoms with Crippen molar-refractivity contribution in [3.05, 3.63) is 28.8 Å². The molecular weight excluding hydrogens is 186 g/mol. The second-order valence-electron chi connectivity index (χ2n) is 4.26. The van der Waals surface area contributed by atoms with Crippen LogP contribution in [0.5, 0.6) is 5.75 Å². The summed E-state index contributed by atoms with van der Waals surface area (Å²) in [5, 5.41) is 3.16. The van der Waals surface area contributed by atoms with Crippen LogP contribution in [0.3, 0.4) is 0 Å². The average Bonchev–Trinajstić information content (AvgIpc) is 2.11. The second-order valence-corrected chi connectivity index (χ2v) is 4.26. The van der Waals surface area contributed by atoms with Gasteiger partial charge >= 0.3 is 0 Å². The van der Waals surface area contributed by atoms with E-state index in [1.54, 1.807) is 0 Å². The van der Waals surface area contributed by atoms with Gasteiger partial charge in [-0.3, -0.25) is 0 Å². The maximum Gasteiger partial charge on any atom is 0.125 e. The van der Waals surface area contributed by atoms with Gasteiger partial charge in [-0.1, -0.05) is 12.1 Å². The minimum atomic E-state index is 0.234. The fourth-order valence-electron chi connectivity index (χ4n) is 1.77. The van der Waals surface area contributed by atoms with E-state index >= 15 is 0 Å². The normalized spacial score (nSPS) is 10.8. The van der Waals surface area contributed by atoms with Crippen LogP contribution in [0.1, 0.15) is 30.5 Å². The topological polar surface area (TPSA) is 21.3 Å². The van der Waals surface area contributed by atoms with Crippen LogP contribution < -0.4 is 10.1 Å². The predicted molar refractivity (Wildman–Crippen MR) is 64.4 cm³/mol. The molecule has 0 aromatic heterocycles. The van der Waals surface area contributed by atoms with E-state index < -0.39 is 0 Å². The third kappa shape index (κ3) is 3.24. The van der Waals surface area contributed by atoms with Gasteiger partial charge in [0.2, 0.25) is 0 Å². The number of hydrogen-bond donors (Lipinski definition) is 1. The van der Waals surface area contributed by atoms with Gasteiger partial charge in [0.1, 0.15) is 5.75 Å². The van der Waals surface area contributed by atoms with Crippen LogP contribution in [-0.2, 0) is 6.54 Å². The van der Waals surface area contributed by atoms with Crippen LogP contribution in [0, 0.1) is 13.8 Å². The molecular formula is C13H21NO. The van der Waals surface area contributed by atoms with Crippen molar-refractivity contribution in [2.75, 3.05) is 7.05 Å². The molecule has 1 aromatic rings. The molecule has 0 atom stereocenters. The number of nitrogens with one attached hydrogen (secondary N) is 1. The van der Waals surface area contributed by atoms with Crippen molar-refractivity contribution in [3.8, 4) is 5.75 Å². The van der Waals surface area contributed by atoms with E-state index in [1.165, 1.54) is 16.7 Å².